The van der Waals surface area contributed by atoms with E-state index in [2.05, 4.69) is 11.9 Å². The average molecular weight is 322 g/mol. The van der Waals surface area contributed by atoms with Crippen LogP contribution in [0.1, 0.15) is 29.5 Å². The van der Waals surface area contributed by atoms with E-state index in [0.717, 1.165) is 27.6 Å². The Hall–Kier alpha value is -2.59. The van der Waals surface area contributed by atoms with E-state index < -0.39 is 0 Å². The summed E-state index contributed by atoms with van der Waals surface area (Å²) in [4.78, 5) is 14.9. The largest absolute Gasteiger partial charge is 0.507 e. The van der Waals surface area contributed by atoms with Gasteiger partial charge in [0.1, 0.15) is 5.75 Å². The second-order valence-corrected chi connectivity index (χ2v) is 6.42. The Labute approximate surface area is 141 Å². The highest BCUT2D eigenvalue weighted by atomic mass is 16.3. The zero-order valence-corrected chi connectivity index (χ0v) is 14.2. The molecule has 0 aliphatic carbocycles. The Morgan fingerprint density at radius 2 is 1.79 bits per heavy atom. The quantitative estimate of drug-likeness (QED) is 0.689. The summed E-state index contributed by atoms with van der Waals surface area (Å²) in [5.74, 6) is 0.507. The number of nitrogens with two attached hydrogens (primary N) is 1. The number of phenolic OH excluding ortho intramolecular Hbond substituents is 1. The molecule has 124 valence electrons. The SMILES string of the molecule is Cc1cc2c(-c3ccc([C@@H](C)CN)cc3)c(O)cc(C)c2[nH]c1=O. The lowest BCUT2D eigenvalue weighted by Gasteiger charge is -2.14. The van der Waals surface area contributed by atoms with E-state index in [1.807, 2.05) is 37.3 Å². The van der Waals surface area contributed by atoms with Crippen molar-refractivity contribution >= 4 is 10.9 Å². The fourth-order valence-corrected chi connectivity index (χ4v) is 3.05. The molecule has 24 heavy (non-hydrogen) atoms. The molecular weight excluding hydrogens is 300 g/mol. The van der Waals surface area contributed by atoms with Crippen LogP contribution >= 0.6 is 0 Å². The first kappa shape index (κ1) is 16.3. The van der Waals surface area contributed by atoms with Crippen molar-refractivity contribution in [3.63, 3.8) is 0 Å². The molecule has 4 heteroatoms. The number of aromatic nitrogens is 1. The van der Waals surface area contributed by atoms with Gasteiger partial charge in [-0.05, 0) is 55.1 Å². The smallest absolute Gasteiger partial charge is 0.251 e. The number of rotatable bonds is 3. The van der Waals surface area contributed by atoms with Crippen LogP contribution < -0.4 is 11.3 Å². The second-order valence-electron chi connectivity index (χ2n) is 6.42. The second kappa shape index (κ2) is 6.13. The fourth-order valence-electron chi connectivity index (χ4n) is 3.05. The number of aromatic amines is 1. The lowest BCUT2D eigenvalue weighted by atomic mass is 9.93. The van der Waals surface area contributed by atoms with Crippen LogP contribution in [0.25, 0.3) is 22.0 Å². The highest BCUT2D eigenvalue weighted by Gasteiger charge is 2.14. The van der Waals surface area contributed by atoms with Gasteiger partial charge in [0.15, 0.2) is 0 Å². The molecule has 3 aromatic rings. The number of hydrogen-bond donors (Lipinski definition) is 3. The number of aryl methyl sites for hydroxylation is 2. The zero-order valence-electron chi connectivity index (χ0n) is 14.2. The summed E-state index contributed by atoms with van der Waals surface area (Å²) in [5.41, 5.74) is 10.7. The molecule has 0 fully saturated rings. The lowest BCUT2D eigenvalue weighted by Crippen LogP contribution is -2.09. The summed E-state index contributed by atoms with van der Waals surface area (Å²) in [6, 6.07) is 11.6. The maximum atomic E-state index is 11.9. The maximum Gasteiger partial charge on any atom is 0.251 e. The van der Waals surface area contributed by atoms with Crippen molar-refractivity contribution in [3.05, 3.63) is 63.4 Å². The Balaban J connectivity index is 2.26. The monoisotopic (exact) mass is 322 g/mol. The molecule has 4 N–H and O–H groups in total. The topological polar surface area (TPSA) is 79.1 Å². The molecule has 0 bridgehead atoms. The third-order valence-corrected chi connectivity index (χ3v) is 4.62. The summed E-state index contributed by atoms with van der Waals surface area (Å²) in [6.07, 6.45) is 0. The lowest BCUT2D eigenvalue weighted by molar-refractivity contribution is 0.477. The molecule has 2 aromatic carbocycles. The van der Waals surface area contributed by atoms with Gasteiger partial charge >= 0.3 is 0 Å². The van der Waals surface area contributed by atoms with E-state index in [1.165, 1.54) is 5.56 Å². The fraction of sp³-hybridized carbons (Fsp3) is 0.250. The standard InChI is InChI=1S/C20H22N2O2/c1-11-9-17(23)18(16-8-12(2)20(24)22-19(11)16)15-6-4-14(5-7-15)13(3)10-21/h4-9,13,23H,10,21H2,1-3H3,(H,22,24)/t13-/m0/s1. The number of fused-ring (bicyclic) bond motifs is 1. The van der Waals surface area contributed by atoms with Gasteiger partial charge in [0.05, 0.1) is 5.52 Å². The van der Waals surface area contributed by atoms with Crippen molar-refractivity contribution in [1.82, 2.24) is 4.98 Å². The van der Waals surface area contributed by atoms with Crippen molar-refractivity contribution in [3.8, 4) is 16.9 Å². The van der Waals surface area contributed by atoms with Crippen molar-refractivity contribution in [2.24, 2.45) is 5.73 Å². The summed E-state index contributed by atoms with van der Waals surface area (Å²) in [5, 5.41) is 11.4. The van der Waals surface area contributed by atoms with Crippen LogP contribution in [0, 0.1) is 13.8 Å². The van der Waals surface area contributed by atoms with Crippen LogP contribution in [0.4, 0.5) is 0 Å². The number of hydrogen-bond acceptors (Lipinski definition) is 3. The van der Waals surface area contributed by atoms with Crippen molar-refractivity contribution in [2.75, 3.05) is 6.54 Å². The molecule has 0 spiro atoms. The minimum atomic E-state index is -0.102. The van der Waals surface area contributed by atoms with Gasteiger partial charge in [-0.1, -0.05) is 31.2 Å². The number of aromatic hydroxyl groups is 1. The minimum absolute atomic E-state index is 0.102. The van der Waals surface area contributed by atoms with Crippen LogP contribution in [0.2, 0.25) is 0 Å². The summed E-state index contributed by atoms with van der Waals surface area (Å²) in [6.45, 7) is 6.33. The predicted molar refractivity (Wildman–Crippen MR) is 98.6 cm³/mol. The van der Waals surface area contributed by atoms with Gasteiger partial charge in [0.25, 0.3) is 5.56 Å². The highest BCUT2D eigenvalue weighted by molar-refractivity contribution is 5.99. The minimum Gasteiger partial charge on any atom is -0.507 e. The first-order chi connectivity index (χ1) is 11.4. The Bertz CT molecular complexity index is 956. The molecule has 0 saturated heterocycles. The van der Waals surface area contributed by atoms with Gasteiger partial charge < -0.3 is 15.8 Å². The third kappa shape index (κ3) is 2.69. The van der Waals surface area contributed by atoms with Gasteiger partial charge in [-0.2, -0.15) is 0 Å². The Morgan fingerprint density at radius 1 is 1.12 bits per heavy atom. The zero-order chi connectivity index (χ0) is 17.4. The van der Waals surface area contributed by atoms with Crippen LogP contribution in [0.5, 0.6) is 5.75 Å². The molecule has 1 aromatic heterocycles. The van der Waals surface area contributed by atoms with Gasteiger partial charge in [0.2, 0.25) is 0 Å². The molecule has 0 saturated carbocycles. The highest BCUT2D eigenvalue weighted by Crippen LogP contribution is 2.37. The van der Waals surface area contributed by atoms with Crippen molar-refractivity contribution in [2.45, 2.75) is 26.7 Å². The number of nitrogens with one attached hydrogen (secondary N) is 1. The van der Waals surface area contributed by atoms with E-state index in [4.69, 9.17) is 5.73 Å². The van der Waals surface area contributed by atoms with Crippen LogP contribution in [-0.4, -0.2) is 16.6 Å². The Morgan fingerprint density at radius 3 is 2.42 bits per heavy atom. The molecule has 0 radical (unpaired) electrons. The molecule has 1 heterocycles. The van der Waals surface area contributed by atoms with Crippen molar-refractivity contribution < 1.29 is 5.11 Å². The molecule has 3 rings (SSSR count). The van der Waals surface area contributed by atoms with Gasteiger partial charge in [0, 0.05) is 16.5 Å². The molecule has 0 amide bonds. The molecular formula is C20H22N2O2. The van der Waals surface area contributed by atoms with Crippen molar-refractivity contribution in [1.29, 1.82) is 0 Å². The first-order valence-electron chi connectivity index (χ1n) is 8.09. The van der Waals surface area contributed by atoms with E-state index in [0.29, 0.717) is 18.0 Å². The van der Waals surface area contributed by atoms with Crippen LogP contribution in [0.15, 0.2) is 41.2 Å². The average Bonchev–Trinajstić information content (AvgIpc) is 2.57. The number of H-pyrrole nitrogens is 1. The van der Waals surface area contributed by atoms with Gasteiger partial charge in [-0.3, -0.25) is 4.79 Å². The van der Waals surface area contributed by atoms with E-state index in [9.17, 15) is 9.90 Å². The Kier molecular flexibility index (Phi) is 4.16. The normalized spacial score (nSPS) is 12.5. The van der Waals surface area contributed by atoms with E-state index in [1.54, 1.807) is 13.0 Å². The summed E-state index contributed by atoms with van der Waals surface area (Å²) < 4.78 is 0. The number of phenols is 1. The molecule has 1 atom stereocenters. The van der Waals surface area contributed by atoms with Crippen LogP contribution in [0.3, 0.4) is 0 Å². The molecule has 0 aliphatic heterocycles. The van der Waals surface area contributed by atoms with E-state index >= 15 is 0 Å². The van der Waals surface area contributed by atoms with E-state index in [-0.39, 0.29) is 11.3 Å². The van der Waals surface area contributed by atoms with Gasteiger partial charge in [-0.15, -0.1) is 0 Å². The summed E-state index contributed by atoms with van der Waals surface area (Å²) >= 11 is 0. The number of benzene rings is 2. The summed E-state index contributed by atoms with van der Waals surface area (Å²) in [7, 11) is 0. The number of pyridine rings is 1. The molecule has 0 unspecified atom stereocenters. The first-order valence-corrected chi connectivity index (χ1v) is 8.09. The molecule has 0 aliphatic rings. The molecule has 4 nitrogen and oxygen atoms in total. The predicted octanol–water partition coefficient (Wildman–Crippen LogP) is 3.58. The van der Waals surface area contributed by atoms with Gasteiger partial charge in [-0.25, -0.2) is 0 Å². The third-order valence-electron chi connectivity index (χ3n) is 4.62. The maximum absolute atomic E-state index is 11.9. The van der Waals surface area contributed by atoms with Crippen LogP contribution in [-0.2, 0) is 0 Å².